The van der Waals surface area contributed by atoms with Crippen LogP contribution in [0.2, 0.25) is 0 Å². The molecule has 12 heteroatoms. The number of halogens is 4. The summed E-state index contributed by atoms with van der Waals surface area (Å²) in [4.78, 5) is 13.6. The molecule has 0 saturated heterocycles. The molecule has 2 aliphatic rings. The van der Waals surface area contributed by atoms with E-state index in [1.54, 1.807) is 0 Å². The average Bonchev–Trinajstić information content (AvgIpc) is 3.45. The van der Waals surface area contributed by atoms with Crippen molar-refractivity contribution in [2.24, 2.45) is 5.92 Å². The first kappa shape index (κ1) is 25.4. The molecule has 0 aliphatic heterocycles. The zero-order valence-electron chi connectivity index (χ0n) is 18.9. The van der Waals surface area contributed by atoms with Crippen molar-refractivity contribution in [3.05, 3.63) is 31.9 Å². The number of thiophene rings is 1. The maximum absolute atomic E-state index is 13.3. The summed E-state index contributed by atoms with van der Waals surface area (Å²) < 4.78 is 46.3. The highest BCUT2D eigenvalue weighted by Crippen LogP contribution is 2.47. The molecular weight excluding hydrogens is 553 g/mol. The first-order chi connectivity index (χ1) is 16.1. The van der Waals surface area contributed by atoms with E-state index >= 15 is 0 Å². The van der Waals surface area contributed by atoms with Crippen LogP contribution in [-0.2, 0) is 30.3 Å². The van der Waals surface area contributed by atoms with Crippen LogP contribution in [0.3, 0.4) is 0 Å². The number of anilines is 1. The second-order valence-electron chi connectivity index (χ2n) is 8.82. The van der Waals surface area contributed by atoms with Crippen molar-refractivity contribution in [1.29, 1.82) is 0 Å². The van der Waals surface area contributed by atoms with Gasteiger partial charge in [0, 0.05) is 23.9 Å². The summed E-state index contributed by atoms with van der Waals surface area (Å²) in [6.45, 7) is 2.99. The second kappa shape index (κ2) is 10.1. The number of hydrogen-bond donors (Lipinski definition) is 2. The Labute approximate surface area is 213 Å². The number of nitrogens with zero attached hydrogens (tertiary/aromatic N) is 2. The smallest absolute Gasteiger partial charge is 0.436 e. The highest BCUT2D eigenvalue weighted by Gasteiger charge is 2.41. The maximum Gasteiger partial charge on any atom is 0.436 e. The number of hydrogen-bond acceptors (Lipinski definition) is 5. The molecule has 2 N–H and O–H groups in total. The van der Waals surface area contributed by atoms with Crippen LogP contribution in [-0.4, -0.2) is 34.5 Å². The molecule has 1 unspecified atom stereocenters. The maximum atomic E-state index is 13.3. The minimum atomic E-state index is -4.49. The Morgan fingerprint density at radius 2 is 2.09 bits per heavy atom. The van der Waals surface area contributed by atoms with Crippen molar-refractivity contribution in [1.82, 2.24) is 15.1 Å². The largest absolute Gasteiger partial charge is 0.465 e. The van der Waals surface area contributed by atoms with E-state index in [9.17, 15) is 18.0 Å². The number of carbonyl (C=O) groups is 1. The molecule has 2 aliphatic carbocycles. The Morgan fingerprint density at radius 3 is 2.74 bits per heavy atom. The van der Waals surface area contributed by atoms with Gasteiger partial charge in [-0.05, 0) is 78.2 Å². The van der Waals surface area contributed by atoms with Gasteiger partial charge in [-0.2, -0.15) is 18.3 Å². The predicted molar refractivity (Wildman–Crippen MR) is 133 cm³/mol. The Hall–Kier alpha value is -1.66. The predicted octanol–water partition coefficient (Wildman–Crippen LogP) is 5.89. The van der Waals surface area contributed by atoms with Crippen molar-refractivity contribution in [3.8, 4) is 0 Å². The lowest BCUT2D eigenvalue weighted by Gasteiger charge is -2.18. The zero-order valence-corrected chi connectivity index (χ0v) is 22.1. The van der Waals surface area contributed by atoms with Crippen LogP contribution in [0.1, 0.15) is 70.7 Å². The summed E-state index contributed by atoms with van der Waals surface area (Å²) in [6, 6.07) is 0. The van der Waals surface area contributed by atoms with E-state index in [4.69, 9.17) is 17.0 Å². The second-order valence-corrected chi connectivity index (χ2v) is 11.1. The van der Waals surface area contributed by atoms with Crippen molar-refractivity contribution in [2.75, 3.05) is 19.0 Å². The van der Waals surface area contributed by atoms with Crippen molar-refractivity contribution in [3.63, 3.8) is 0 Å². The quantitative estimate of drug-likeness (QED) is 0.242. The molecule has 0 radical (unpaired) electrons. The third-order valence-corrected chi connectivity index (χ3v) is 8.32. The van der Waals surface area contributed by atoms with Gasteiger partial charge in [0.15, 0.2) is 10.8 Å². The first-order valence-corrected chi connectivity index (χ1v) is 13.2. The minimum Gasteiger partial charge on any atom is -0.465 e. The van der Waals surface area contributed by atoms with Crippen LogP contribution >= 0.6 is 39.5 Å². The van der Waals surface area contributed by atoms with E-state index in [0.29, 0.717) is 46.8 Å². The third kappa shape index (κ3) is 5.43. The summed E-state index contributed by atoms with van der Waals surface area (Å²) in [5, 5.41) is 11.1. The van der Waals surface area contributed by atoms with Gasteiger partial charge in [0.2, 0.25) is 0 Å². The number of carbonyl (C=O) groups excluding carboxylic acids is 1. The van der Waals surface area contributed by atoms with Crippen molar-refractivity contribution in [2.45, 2.75) is 64.1 Å². The summed E-state index contributed by atoms with van der Waals surface area (Å²) in [5.41, 5.74) is 1.34. The van der Waals surface area contributed by atoms with Crippen molar-refractivity contribution >= 4 is 55.6 Å². The van der Waals surface area contributed by atoms with Crippen LogP contribution < -0.4 is 10.6 Å². The van der Waals surface area contributed by atoms with Gasteiger partial charge in [0.25, 0.3) is 0 Å². The minimum absolute atomic E-state index is 0.0546. The average molecular weight is 580 g/mol. The molecular formula is C22H26BrF3N4O2S2. The number of fused-ring (bicyclic) bond motifs is 1. The molecule has 0 bridgehead atoms. The van der Waals surface area contributed by atoms with Gasteiger partial charge in [-0.1, -0.05) is 6.92 Å². The van der Waals surface area contributed by atoms with E-state index in [1.807, 2.05) is 0 Å². The first-order valence-electron chi connectivity index (χ1n) is 11.2. The number of rotatable bonds is 7. The molecule has 2 aromatic rings. The number of alkyl halides is 3. The highest BCUT2D eigenvalue weighted by atomic mass is 79.9. The molecule has 0 spiro atoms. The number of aryl methyl sites for hydroxylation is 1. The summed E-state index contributed by atoms with van der Waals surface area (Å²) in [7, 11) is 1.37. The normalized spacial score (nSPS) is 17.9. The number of aromatic nitrogens is 2. The summed E-state index contributed by atoms with van der Waals surface area (Å²) in [6.07, 6.45) is 0.580. The van der Waals surface area contributed by atoms with Gasteiger partial charge in [-0.3, -0.25) is 4.68 Å². The lowest BCUT2D eigenvalue weighted by atomic mass is 9.88. The molecule has 0 amide bonds. The van der Waals surface area contributed by atoms with E-state index in [0.717, 1.165) is 37.7 Å². The number of nitrogens with one attached hydrogen (secondary N) is 2. The van der Waals surface area contributed by atoms with E-state index in [1.165, 1.54) is 28.0 Å². The fourth-order valence-corrected chi connectivity index (χ4v) is 6.79. The Morgan fingerprint density at radius 1 is 1.35 bits per heavy atom. The van der Waals surface area contributed by atoms with E-state index < -0.39 is 11.9 Å². The standard InChI is InChI=1S/C22H26BrF3N4O2S2/c1-11-4-7-13-14(10-11)34-19(15(13)20(31)32-2)28-21(33)27-8-3-9-30-17(12-5-6-12)16(23)18(29-30)22(24,25)26/h11-12H,3-10H2,1-2H3,(H2,27,28,33). The molecule has 0 aromatic carbocycles. The number of methoxy groups -OCH3 is 1. The fraction of sp³-hybridized carbons (Fsp3) is 0.591. The number of esters is 1. The summed E-state index contributed by atoms with van der Waals surface area (Å²) in [5.74, 6) is 0.308. The molecule has 1 saturated carbocycles. The molecule has 2 heterocycles. The van der Waals surface area contributed by atoms with Crippen molar-refractivity contribution < 1.29 is 22.7 Å². The van der Waals surface area contributed by atoms with Gasteiger partial charge >= 0.3 is 12.1 Å². The van der Waals surface area contributed by atoms with Crippen LogP contribution in [0, 0.1) is 5.92 Å². The molecule has 1 fully saturated rings. The topological polar surface area (TPSA) is 68.2 Å². The molecule has 4 rings (SSSR count). The van der Waals surface area contributed by atoms with E-state index in [2.05, 4.69) is 38.6 Å². The number of ether oxygens (including phenoxy) is 1. The molecule has 6 nitrogen and oxygen atoms in total. The fourth-order valence-electron chi connectivity index (χ4n) is 4.29. The molecule has 1 atom stereocenters. The van der Waals surface area contributed by atoms with Crippen LogP contribution in [0.5, 0.6) is 0 Å². The van der Waals surface area contributed by atoms with Gasteiger partial charge in [0.1, 0.15) is 5.00 Å². The van der Waals surface area contributed by atoms with Crippen LogP contribution in [0.15, 0.2) is 4.47 Å². The van der Waals surface area contributed by atoms with Gasteiger partial charge in [0.05, 0.1) is 22.8 Å². The Bertz CT molecular complexity index is 1100. The Kier molecular flexibility index (Phi) is 7.58. The zero-order chi connectivity index (χ0) is 24.6. The third-order valence-electron chi connectivity index (χ3n) is 6.12. The molecule has 2 aromatic heterocycles. The van der Waals surface area contributed by atoms with Gasteiger partial charge in [-0.25, -0.2) is 4.79 Å². The van der Waals surface area contributed by atoms with Crippen LogP contribution in [0.4, 0.5) is 18.2 Å². The molecule has 34 heavy (non-hydrogen) atoms. The van der Waals surface area contributed by atoms with Gasteiger partial charge < -0.3 is 15.4 Å². The van der Waals surface area contributed by atoms with Crippen LogP contribution in [0.25, 0.3) is 0 Å². The van der Waals surface area contributed by atoms with E-state index in [-0.39, 0.29) is 16.4 Å². The Balaban J connectivity index is 1.37. The molecule has 186 valence electrons. The summed E-state index contributed by atoms with van der Waals surface area (Å²) >= 11 is 10.1. The lowest BCUT2D eigenvalue weighted by molar-refractivity contribution is -0.142. The SMILES string of the molecule is COC(=O)c1c(NC(=S)NCCCn2nc(C(F)(F)F)c(Br)c2C2CC2)sc2c1CCC(C)C2. The number of thiocarbonyl (C=S) groups is 1. The van der Waals surface area contributed by atoms with Gasteiger partial charge in [-0.15, -0.1) is 11.3 Å². The lowest BCUT2D eigenvalue weighted by Crippen LogP contribution is -2.30. The monoisotopic (exact) mass is 578 g/mol. The highest BCUT2D eigenvalue weighted by molar-refractivity contribution is 9.10.